The van der Waals surface area contributed by atoms with Gasteiger partial charge in [0.2, 0.25) is 0 Å². The lowest BCUT2D eigenvalue weighted by atomic mass is 10.1. The SMILES string of the molecule is CCC1=N/C(=C/c2cc(F)ccc2OC)C(=O)N1. The normalized spacial score (nSPS) is 16.7. The maximum Gasteiger partial charge on any atom is 0.275 e. The van der Waals surface area contributed by atoms with Gasteiger partial charge in [-0.1, -0.05) is 6.92 Å². The Labute approximate surface area is 104 Å². The Morgan fingerprint density at radius 1 is 1.50 bits per heavy atom. The summed E-state index contributed by atoms with van der Waals surface area (Å²) in [6.07, 6.45) is 2.16. The van der Waals surface area contributed by atoms with Gasteiger partial charge >= 0.3 is 0 Å². The Bertz CT molecular complexity index is 550. The third kappa shape index (κ3) is 2.40. The summed E-state index contributed by atoms with van der Waals surface area (Å²) < 4.78 is 18.3. The molecule has 0 aromatic heterocycles. The predicted molar refractivity (Wildman–Crippen MR) is 66.8 cm³/mol. The van der Waals surface area contributed by atoms with Crippen molar-refractivity contribution in [1.29, 1.82) is 0 Å². The minimum atomic E-state index is -0.388. The van der Waals surface area contributed by atoms with Crippen molar-refractivity contribution in [3.63, 3.8) is 0 Å². The van der Waals surface area contributed by atoms with Crippen molar-refractivity contribution in [2.45, 2.75) is 13.3 Å². The number of methoxy groups -OCH3 is 1. The molecule has 1 aromatic rings. The van der Waals surface area contributed by atoms with Crippen LogP contribution < -0.4 is 10.1 Å². The highest BCUT2D eigenvalue weighted by molar-refractivity contribution is 6.14. The van der Waals surface area contributed by atoms with E-state index >= 15 is 0 Å². The highest BCUT2D eigenvalue weighted by atomic mass is 19.1. The third-order valence-electron chi connectivity index (χ3n) is 2.56. The second-order valence-electron chi connectivity index (χ2n) is 3.78. The molecule has 0 saturated heterocycles. The smallest absolute Gasteiger partial charge is 0.275 e. The molecule has 0 radical (unpaired) electrons. The molecule has 1 aliphatic heterocycles. The van der Waals surface area contributed by atoms with E-state index in [4.69, 9.17) is 4.74 Å². The Morgan fingerprint density at radius 2 is 2.28 bits per heavy atom. The van der Waals surface area contributed by atoms with Crippen molar-refractivity contribution in [2.75, 3.05) is 7.11 Å². The number of rotatable bonds is 3. The van der Waals surface area contributed by atoms with Crippen molar-refractivity contribution in [1.82, 2.24) is 5.32 Å². The van der Waals surface area contributed by atoms with E-state index < -0.39 is 0 Å². The van der Waals surface area contributed by atoms with Crippen molar-refractivity contribution in [3.8, 4) is 5.75 Å². The van der Waals surface area contributed by atoms with E-state index in [-0.39, 0.29) is 17.4 Å². The zero-order valence-corrected chi connectivity index (χ0v) is 10.2. The van der Waals surface area contributed by atoms with Crippen molar-refractivity contribution >= 4 is 17.8 Å². The van der Waals surface area contributed by atoms with E-state index in [0.29, 0.717) is 23.6 Å². The molecule has 0 fully saturated rings. The van der Waals surface area contributed by atoms with Crippen LogP contribution in [0.15, 0.2) is 28.9 Å². The zero-order valence-electron chi connectivity index (χ0n) is 10.2. The second kappa shape index (κ2) is 5.00. The molecule has 18 heavy (non-hydrogen) atoms. The number of benzene rings is 1. The first-order valence-electron chi connectivity index (χ1n) is 5.58. The van der Waals surface area contributed by atoms with E-state index in [0.717, 1.165) is 0 Å². The molecule has 4 nitrogen and oxygen atoms in total. The van der Waals surface area contributed by atoms with Gasteiger partial charge in [-0.15, -0.1) is 0 Å². The molecule has 1 aromatic carbocycles. The number of halogens is 1. The number of amides is 1. The molecule has 5 heteroatoms. The molecule has 0 atom stereocenters. The molecule has 0 unspecified atom stereocenters. The number of aliphatic imine (C=N–C) groups is 1. The first kappa shape index (κ1) is 12.3. The van der Waals surface area contributed by atoms with Crippen LogP contribution in [0.4, 0.5) is 4.39 Å². The Hall–Kier alpha value is -2.17. The maximum absolute atomic E-state index is 13.2. The highest BCUT2D eigenvalue weighted by Gasteiger charge is 2.19. The first-order chi connectivity index (χ1) is 8.63. The second-order valence-corrected chi connectivity index (χ2v) is 3.78. The monoisotopic (exact) mass is 248 g/mol. The fourth-order valence-corrected chi connectivity index (χ4v) is 1.65. The van der Waals surface area contributed by atoms with Crippen LogP contribution >= 0.6 is 0 Å². The zero-order chi connectivity index (χ0) is 13.1. The lowest BCUT2D eigenvalue weighted by Crippen LogP contribution is -2.23. The molecule has 0 saturated carbocycles. The van der Waals surface area contributed by atoms with Crippen LogP contribution in [0.1, 0.15) is 18.9 Å². The van der Waals surface area contributed by atoms with Gasteiger partial charge in [0.25, 0.3) is 5.91 Å². The molecule has 0 spiro atoms. The van der Waals surface area contributed by atoms with Gasteiger partial charge in [-0.25, -0.2) is 9.38 Å². The van der Waals surface area contributed by atoms with Crippen LogP contribution in [0.5, 0.6) is 5.75 Å². The van der Waals surface area contributed by atoms with Crippen LogP contribution in [0.3, 0.4) is 0 Å². The van der Waals surface area contributed by atoms with Crippen LogP contribution in [-0.2, 0) is 4.79 Å². The van der Waals surface area contributed by atoms with Crippen molar-refractivity contribution < 1.29 is 13.9 Å². The fourth-order valence-electron chi connectivity index (χ4n) is 1.65. The number of nitrogens with one attached hydrogen (secondary N) is 1. The molecule has 1 heterocycles. The van der Waals surface area contributed by atoms with Gasteiger partial charge in [0.15, 0.2) is 0 Å². The van der Waals surface area contributed by atoms with Gasteiger partial charge in [0.05, 0.1) is 7.11 Å². The minimum Gasteiger partial charge on any atom is -0.496 e. The summed E-state index contributed by atoms with van der Waals surface area (Å²) in [5.74, 6) is 0.442. The summed E-state index contributed by atoms with van der Waals surface area (Å²) in [5.41, 5.74) is 0.750. The summed E-state index contributed by atoms with van der Waals surface area (Å²) in [4.78, 5) is 15.7. The molecular formula is C13H13FN2O2. The number of hydrogen-bond donors (Lipinski definition) is 1. The van der Waals surface area contributed by atoms with E-state index in [2.05, 4.69) is 10.3 Å². The van der Waals surface area contributed by atoms with Gasteiger partial charge in [0, 0.05) is 12.0 Å². The maximum atomic E-state index is 13.2. The number of nitrogens with zero attached hydrogens (tertiary/aromatic N) is 1. The summed E-state index contributed by atoms with van der Waals surface area (Å²) in [7, 11) is 1.49. The van der Waals surface area contributed by atoms with Gasteiger partial charge in [-0.3, -0.25) is 4.79 Å². The summed E-state index contributed by atoms with van der Waals surface area (Å²) >= 11 is 0. The Balaban J connectivity index is 2.41. The minimum absolute atomic E-state index is 0.260. The van der Waals surface area contributed by atoms with Crippen LogP contribution in [-0.4, -0.2) is 18.9 Å². The summed E-state index contributed by atoms with van der Waals surface area (Å²) in [5, 5.41) is 2.63. The number of carbonyl (C=O) groups excluding carboxylic acids is 1. The molecule has 1 N–H and O–H groups in total. The molecule has 1 aliphatic rings. The highest BCUT2D eigenvalue weighted by Crippen LogP contribution is 2.23. The quantitative estimate of drug-likeness (QED) is 0.833. The largest absolute Gasteiger partial charge is 0.496 e. The lowest BCUT2D eigenvalue weighted by molar-refractivity contribution is -0.115. The number of hydrogen-bond acceptors (Lipinski definition) is 3. The molecule has 0 aliphatic carbocycles. The molecule has 94 valence electrons. The number of carbonyl (C=O) groups is 1. The average molecular weight is 248 g/mol. The summed E-state index contributed by atoms with van der Waals surface area (Å²) in [6, 6.07) is 4.12. The van der Waals surface area contributed by atoms with Crippen molar-refractivity contribution in [2.24, 2.45) is 4.99 Å². The first-order valence-corrected chi connectivity index (χ1v) is 5.58. The molecule has 0 bridgehead atoms. The summed E-state index contributed by atoms with van der Waals surface area (Å²) in [6.45, 7) is 1.89. The average Bonchev–Trinajstić information content (AvgIpc) is 2.71. The number of amidine groups is 1. The van der Waals surface area contributed by atoms with Gasteiger partial charge in [-0.05, 0) is 24.3 Å². The Kier molecular flexibility index (Phi) is 3.41. The van der Waals surface area contributed by atoms with E-state index in [1.807, 2.05) is 6.92 Å². The van der Waals surface area contributed by atoms with Gasteiger partial charge < -0.3 is 10.1 Å². The van der Waals surface area contributed by atoms with Crippen LogP contribution in [0.2, 0.25) is 0 Å². The number of ether oxygens (including phenoxy) is 1. The lowest BCUT2D eigenvalue weighted by Gasteiger charge is -2.04. The van der Waals surface area contributed by atoms with Crippen LogP contribution in [0, 0.1) is 5.82 Å². The van der Waals surface area contributed by atoms with E-state index in [1.165, 1.54) is 31.4 Å². The molecule has 2 rings (SSSR count). The van der Waals surface area contributed by atoms with E-state index in [1.54, 1.807) is 0 Å². The molecular weight excluding hydrogens is 235 g/mol. The fraction of sp³-hybridized carbons (Fsp3) is 0.231. The topological polar surface area (TPSA) is 50.7 Å². The predicted octanol–water partition coefficient (Wildman–Crippen LogP) is 2.11. The van der Waals surface area contributed by atoms with Gasteiger partial charge in [0.1, 0.15) is 23.1 Å². The Morgan fingerprint density at radius 3 is 2.89 bits per heavy atom. The van der Waals surface area contributed by atoms with Gasteiger partial charge in [-0.2, -0.15) is 0 Å². The van der Waals surface area contributed by atoms with Crippen molar-refractivity contribution in [3.05, 3.63) is 35.3 Å². The third-order valence-corrected chi connectivity index (χ3v) is 2.56. The molecule has 1 amide bonds. The van der Waals surface area contributed by atoms with E-state index in [9.17, 15) is 9.18 Å². The van der Waals surface area contributed by atoms with Crippen LogP contribution in [0.25, 0.3) is 6.08 Å². The standard InChI is InChI=1S/C13H13FN2O2/c1-3-12-15-10(13(17)16-12)7-8-6-9(14)4-5-11(8)18-2/h4-7H,3H2,1-2H3,(H,15,16,17)/b10-7+.